The van der Waals surface area contributed by atoms with Crippen LogP contribution in [0.5, 0.6) is 5.75 Å². The van der Waals surface area contributed by atoms with Gasteiger partial charge in [-0.15, -0.1) is 0 Å². The summed E-state index contributed by atoms with van der Waals surface area (Å²) in [6.07, 6.45) is 1.48. The number of halogens is 1. The van der Waals surface area contributed by atoms with Gasteiger partial charge in [0.05, 0.1) is 17.3 Å². The van der Waals surface area contributed by atoms with Crippen molar-refractivity contribution in [2.75, 3.05) is 0 Å². The van der Waals surface area contributed by atoms with Gasteiger partial charge in [-0.2, -0.15) is 5.10 Å². The predicted molar refractivity (Wildman–Crippen MR) is 119 cm³/mol. The standard InChI is InChI=1S/C24H18ClN3O2/c25-23-19(14-18-10-4-6-12-21(18)27-23)15-26-28-24(29)20-11-5-7-13-22(20)30-16-17-8-2-1-3-9-17/h1-15H,16H2,(H,28,29)/b26-15-. The SMILES string of the molecule is O=C(N/N=C\c1cc2ccccc2nc1Cl)c1ccccc1OCc1ccccc1. The lowest BCUT2D eigenvalue weighted by Gasteiger charge is -2.10. The first kappa shape index (κ1) is 19.6. The molecule has 4 aromatic rings. The molecule has 1 aromatic heterocycles. The van der Waals surface area contributed by atoms with Gasteiger partial charge in [-0.3, -0.25) is 4.79 Å². The summed E-state index contributed by atoms with van der Waals surface area (Å²) in [5.74, 6) is 0.110. The van der Waals surface area contributed by atoms with Crippen LogP contribution in [0.3, 0.4) is 0 Å². The maximum absolute atomic E-state index is 12.6. The number of hydrogen-bond acceptors (Lipinski definition) is 4. The van der Waals surface area contributed by atoms with E-state index in [0.29, 0.717) is 28.6 Å². The van der Waals surface area contributed by atoms with Crippen molar-refractivity contribution in [3.63, 3.8) is 0 Å². The van der Waals surface area contributed by atoms with Crippen LogP contribution < -0.4 is 10.2 Å². The van der Waals surface area contributed by atoms with Crippen LogP contribution in [0, 0.1) is 0 Å². The van der Waals surface area contributed by atoms with Gasteiger partial charge in [-0.05, 0) is 29.8 Å². The van der Waals surface area contributed by atoms with Crippen molar-refractivity contribution >= 4 is 34.6 Å². The van der Waals surface area contributed by atoms with Gasteiger partial charge in [0.1, 0.15) is 17.5 Å². The molecule has 6 heteroatoms. The molecule has 0 aliphatic heterocycles. The highest BCUT2D eigenvalue weighted by atomic mass is 35.5. The van der Waals surface area contributed by atoms with E-state index in [0.717, 1.165) is 16.5 Å². The number of fused-ring (bicyclic) bond motifs is 1. The van der Waals surface area contributed by atoms with Crippen molar-refractivity contribution in [2.24, 2.45) is 5.10 Å². The third-order valence-electron chi connectivity index (χ3n) is 4.44. The summed E-state index contributed by atoms with van der Waals surface area (Å²) in [4.78, 5) is 17.0. The molecule has 148 valence electrons. The van der Waals surface area contributed by atoms with Crippen LogP contribution in [0.2, 0.25) is 5.15 Å². The highest BCUT2D eigenvalue weighted by Gasteiger charge is 2.12. The number of hydrogen-bond donors (Lipinski definition) is 1. The summed E-state index contributed by atoms with van der Waals surface area (Å²) in [7, 11) is 0. The minimum atomic E-state index is -0.375. The first-order chi connectivity index (χ1) is 14.7. The number of aromatic nitrogens is 1. The Morgan fingerprint density at radius 1 is 1.00 bits per heavy atom. The Balaban J connectivity index is 1.46. The molecular weight excluding hydrogens is 398 g/mol. The van der Waals surface area contributed by atoms with E-state index in [1.807, 2.05) is 66.7 Å². The Morgan fingerprint density at radius 3 is 2.60 bits per heavy atom. The van der Waals surface area contributed by atoms with Crippen molar-refractivity contribution in [3.8, 4) is 5.75 Å². The van der Waals surface area contributed by atoms with Crippen LogP contribution in [0.25, 0.3) is 10.9 Å². The molecule has 0 saturated heterocycles. The maximum atomic E-state index is 12.6. The monoisotopic (exact) mass is 415 g/mol. The number of para-hydroxylation sites is 2. The molecule has 0 aliphatic carbocycles. The number of rotatable bonds is 6. The van der Waals surface area contributed by atoms with Crippen molar-refractivity contribution < 1.29 is 9.53 Å². The molecule has 3 aromatic carbocycles. The smallest absolute Gasteiger partial charge is 0.275 e. The molecular formula is C24H18ClN3O2. The molecule has 0 spiro atoms. The highest BCUT2D eigenvalue weighted by molar-refractivity contribution is 6.32. The molecule has 5 nitrogen and oxygen atoms in total. The number of nitrogens with one attached hydrogen (secondary N) is 1. The Hall–Kier alpha value is -3.70. The lowest BCUT2D eigenvalue weighted by atomic mass is 10.2. The van der Waals surface area contributed by atoms with Crippen molar-refractivity contribution in [1.29, 1.82) is 0 Å². The largest absolute Gasteiger partial charge is 0.488 e. The topological polar surface area (TPSA) is 63.6 Å². The van der Waals surface area contributed by atoms with Crippen molar-refractivity contribution in [3.05, 3.63) is 107 Å². The summed E-state index contributed by atoms with van der Waals surface area (Å²) in [5.41, 5.74) is 5.35. The normalized spacial score (nSPS) is 11.0. The zero-order chi connectivity index (χ0) is 20.8. The van der Waals surface area contributed by atoms with Crippen LogP contribution in [0.4, 0.5) is 0 Å². The molecule has 1 heterocycles. The molecule has 0 bridgehead atoms. The average molecular weight is 416 g/mol. The second kappa shape index (κ2) is 9.20. The Labute approximate surface area is 179 Å². The second-order valence-corrected chi connectivity index (χ2v) is 6.89. The van der Waals surface area contributed by atoms with Crippen LogP contribution in [0.1, 0.15) is 21.5 Å². The van der Waals surface area contributed by atoms with E-state index in [9.17, 15) is 4.79 Å². The molecule has 4 rings (SSSR count). The third-order valence-corrected chi connectivity index (χ3v) is 4.75. The van der Waals surface area contributed by atoms with Crippen molar-refractivity contribution in [1.82, 2.24) is 10.4 Å². The molecule has 0 fully saturated rings. The first-order valence-electron chi connectivity index (χ1n) is 9.35. The molecule has 0 atom stereocenters. The van der Waals surface area contributed by atoms with Gasteiger partial charge >= 0.3 is 0 Å². The number of benzene rings is 3. The fourth-order valence-electron chi connectivity index (χ4n) is 2.94. The Kier molecular flexibility index (Phi) is 6.01. The molecule has 30 heavy (non-hydrogen) atoms. The number of hydrazone groups is 1. The van der Waals surface area contributed by atoms with Crippen LogP contribution in [-0.2, 0) is 6.61 Å². The molecule has 0 unspecified atom stereocenters. The summed E-state index contributed by atoms with van der Waals surface area (Å²) in [6.45, 7) is 0.368. The van der Waals surface area contributed by atoms with Gasteiger partial charge in [0.15, 0.2) is 0 Å². The van der Waals surface area contributed by atoms with Crippen LogP contribution in [0.15, 0.2) is 90.0 Å². The molecule has 1 amide bonds. The Bertz CT molecular complexity index is 1210. The van der Waals surface area contributed by atoms with E-state index in [4.69, 9.17) is 16.3 Å². The minimum Gasteiger partial charge on any atom is -0.488 e. The highest BCUT2D eigenvalue weighted by Crippen LogP contribution is 2.20. The summed E-state index contributed by atoms with van der Waals surface area (Å²) in [5, 5.41) is 5.30. The number of ether oxygens (including phenoxy) is 1. The fraction of sp³-hybridized carbons (Fsp3) is 0.0417. The van der Waals surface area contributed by atoms with Gasteiger partial charge in [0, 0.05) is 10.9 Å². The Morgan fingerprint density at radius 2 is 1.73 bits per heavy atom. The first-order valence-corrected chi connectivity index (χ1v) is 9.73. The van der Waals surface area contributed by atoms with E-state index < -0.39 is 0 Å². The van der Waals surface area contributed by atoms with Gasteiger partial charge in [-0.1, -0.05) is 72.3 Å². The van der Waals surface area contributed by atoms with E-state index in [-0.39, 0.29) is 5.91 Å². The molecule has 0 radical (unpaired) electrons. The van der Waals surface area contributed by atoms with E-state index >= 15 is 0 Å². The summed E-state index contributed by atoms with van der Waals surface area (Å²) < 4.78 is 5.83. The zero-order valence-electron chi connectivity index (χ0n) is 16.0. The average Bonchev–Trinajstić information content (AvgIpc) is 2.79. The lowest BCUT2D eigenvalue weighted by molar-refractivity contribution is 0.0950. The molecule has 1 N–H and O–H groups in total. The number of pyridine rings is 1. The van der Waals surface area contributed by atoms with Gasteiger partial charge < -0.3 is 4.74 Å². The quantitative estimate of drug-likeness (QED) is 0.266. The number of amides is 1. The molecule has 0 saturated carbocycles. The van der Waals surface area contributed by atoms with Crippen molar-refractivity contribution in [2.45, 2.75) is 6.61 Å². The minimum absolute atomic E-state index is 0.318. The second-order valence-electron chi connectivity index (χ2n) is 6.53. The van der Waals surface area contributed by atoms with Crippen LogP contribution in [-0.4, -0.2) is 17.1 Å². The van der Waals surface area contributed by atoms with Gasteiger partial charge in [-0.25, -0.2) is 10.4 Å². The van der Waals surface area contributed by atoms with Crippen LogP contribution >= 0.6 is 11.6 Å². The maximum Gasteiger partial charge on any atom is 0.275 e. The number of carbonyl (C=O) groups is 1. The predicted octanol–water partition coefficient (Wildman–Crippen LogP) is 5.23. The molecule has 0 aliphatic rings. The van der Waals surface area contributed by atoms with E-state index in [2.05, 4.69) is 15.5 Å². The van der Waals surface area contributed by atoms with E-state index in [1.165, 1.54) is 6.21 Å². The number of nitrogens with zero attached hydrogens (tertiary/aromatic N) is 2. The summed E-state index contributed by atoms with van der Waals surface area (Å²) in [6, 6.07) is 26.3. The summed E-state index contributed by atoms with van der Waals surface area (Å²) >= 11 is 6.23. The van der Waals surface area contributed by atoms with Gasteiger partial charge in [0.25, 0.3) is 5.91 Å². The van der Waals surface area contributed by atoms with Gasteiger partial charge in [0.2, 0.25) is 0 Å². The lowest BCUT2D eigenvalue weighted by Crippen LogP contribution is -2.18. The number of carbonyl (C=O) groups excluding carboxylic acids is 1. The fourth-order valence-corrected chi connectivity index (χ4v) is 3.13. The zero-order valence-corrected chi connectivity index (χ0v) is 16.7. The third kappa shape index (κ3) is 4.64. The van der Waals surface area contributed by atoms with E-state index in [1.54, 1.807) is 18.2 Å².